The van der Waals surface area contributed by atoms with E-state index in [0.29, 0.717) is 0 Å². The molecule has 0 saturated carbocycles. The van der Waals surface area contributed by atoms with E-state index < -0.39 is 0 Å². The van der Waals surface area contributed by atoms with Crippen molar-refractivity contribution in [2.45, 2.75) is 11.8 Å². The van der Waals surface area contributed by atoms with Crippen LogP contribution in [0.1, 0.15) is 5.56 Å². The molecule has 0 unspecified atom stereocenters. The van der Waals surface area contributed by atoms with Gasteiger partial charge in [0.15, 0.2) is 0 Å². The van der Waals surface area contributed by atoms with Crippen LogP contribution in [-0.4, -0.2) is 0 Å². The van der Waals surface area contributed by atoms with E-state index in [1.807, 2.05) is 0 Å². The van der Waals surface area contributed by atoms with E-state index in [4.69, 9.17) is 0 Å². The second kappa shape index (κ2) is 2.40. The quantitative estimate of drug-likeness (QED) is 0.473. The van der Waals surface area contributed by atoms with Crippen molar-refractivity contribution in [3.63, 3.8) is 0 Å². The molecule has 0 radical (unpaired) electrons. The molecule has 1 aromatic carbocycles. The molecule has 0 spiro atoms. The lowest BCUT2D eigenvalue weighted by atomic mass is 10.2. The smallest absolute Gasteiger partial charge is 0.0596 e. The van der Waals surface area contributed by atoms with E-state index in [1.165, 1.54) is 16.1 Å². The van der Waals surface area contributed by atoms with Crippen LogP contribution in [0.3, 0.4) is 0 Å². The van der Waals surface area contributed by atoms with Gasteiger partial charge in [-0.25, -0.2) is 0 Å². The number of hydrogen-bond acceptors (Lipinski definition) is 3. The number of nitrogens with one attached hydrogen (secondary N) is 1. The Hall–Kier alpha value is -0.280. The maximum atomic E-state index is 3.22. The number of fused-ring (bicyclic) bond motifs is 1. The van der Waals surface area contributed by atoms with Crippen LogP contribution in [0.15, 0.2) is 23.1 Å². The standard InChI is InChI=1S/C7H7NS2/c1-5-2-3-7-6(4-5)8-10-9-7/h2-4,8H,1H3. The molecule has 1 N–H and O–H groups in total. The molecule has 2 rings (SSSR count). The molecule has 0 amide bonds. The van der Waals surface area contributed by atoms with Gasteiger partial charge in [-0.05, 0) is 35.4 Å². The summed E-state index contributed by atoms with van der Waals surface area (Å²) in [4.78, 5) is 1.34. The van der Waals surface area contributed by atoms with Crippen molar-refractivity contribution in [3.8, 4) is 0 Å². The number of anilines is 1. The van der Waals surface area contributed by atoms with Crippen LogP contribution in [0.2, 0.25) is 0 Å². The molecule has 10 heavy (non-hydrogen) atoms. The van der Waals surface area contributed by atoms with Crippen molar-refractivity contribution in [2.75, 3.05) is 4.72 Å². The van der Waals surface area contributed by atoms with Crippen LogP contribution in [-0.2, 0) is 0 Å². The maximum Gasteiger partial charge on any atom is 0.0596 e. The van der Waals surface area contributed by atoms with Crippen LogP contribution < -0.4 is 4.72 Å². The van der Waals surface area contributed by atoms with Gasteiger partial charge in [-0.15, -0.1) is 0 Å². The highest BCUT2D eigenvalue weighted by Gasteiger charge is 2.09. The van der Waals surface area contributed by atoms with Gasteiger partial charge in [0.05, 0.1) is 5.69 Å². The molecule has 0 bridgehead atoms. The zero-order valence-corrected chi connectivity index (χ0v) is 7.18. The number of aryl methyl sites for hydroxylation is 1. The van der Waals surface area contributed by atoms with Crippen molar-refractivity contribution in [1.29, 1.82) is 0 Å². The fourth-order valence-corrected chi connectivity index (χ4v) is 2.78. The molecule has 52 valence electrons. The zero-order chi connectivity index (χ0) is 6.97. The Kier molecular flexibility index (Phi) is 1.54. The fourth-order valence-electron chi connectivity index (χ4n) is 0.907. The molecule has 1 nitrogen and oxygen atoms in total. The Morgan fingerprint density at radius 3 is 3.20 bits per heavy atom. The predicted octanol–water partition coefficient (Wildman–Crippen LogP) is 3.08. The summed E-state index contributed by atoms with van der Waals surface area (Å²) in [6.07, 6.45) is 0. The summed E-state index contributed by atoms with van der Waals surface area (Å²) in [5.74, 6) is 0. The van der Waals surface area contributed by atoms with Gasteiger partial charge in [-0.2, -0.15) is 0 Å². The Balaban J connectivity index is 2.52. The molecule has 3 heteroatoms. The summed E-state index contributed by atoms with van der Waals surface area (Å²) >= 11 is 0. The first-order valence-corrected chi connectivity index (χ1v) is 5.21. The summed E-state index contributed by atoms with van der Waals surface area (Å²) in [5, 5.41) is 0. The van der Waals surface area contributed by atoms with Gasteiger partial charge < -0.3 is 4.72 Å². The van der Waals surface area contributed by atoms with Crippen LogP contribution in [0.5, 0.6) is 0 Å². The van der Waals surface area contributed by atoms with Crippen LogP contribution in [0.4, 0.5) is 5.69 Å². The van der Waals surface area contributed by atoms with Gasteiger partial charge in [-0.1, -0.05) is 6.07 Å². The molecule has 0 aliphatic carbocycles. The van der Waals surface area contributed by atoms with Crippen molar-refractivity contribution in [2.24, 2.45) is 0 Å². The SMILES string of the molecule is Cc1ccc2c(c1)NSS2. The van der Waals surface area contributed by atoms with Gasteiger partial charge in [-0.3, -0.25) is 0 Å². The molecule has 0 atom stereocenters. The first kappa shape index (κ1) is 6.43. The maximum absolute atomic E-state index is 3.22. The van der Waals surface area contributed by atoms with E-state index in [0.717, 1.165) is 0 Å². The highest BCUT2D eigenvalue weighted by Crippen LogP contribution is 2.44. The van der Waals surface area contributed by atoms with Gasteiger partial charge in [0.1, 0.15) is 0 Å². The third kappa shape index (κ3) is 0.995. The Labute approximate surface area is 68.1 Å². The predicted molar refractivity (Wildman–Crippen MR) is 48.2 cm³/mol. The second-order valence-electron chi connectivity index (χ2n) is 2.27. The monoisotopic (exact) mass is 169 g/mol. The van der Waals surface area contributed by atoms with Crippen LogP contribution >= 0.6 is 21.8 Å². The van der Waals surface area contributed by atoms with Gasteiger partial charge >= 0.3 is 0 Å². The zero-order valence-electron chi connectivity index (χ0n) is 5.55. The van der Waals surface area contributed by atoms with Gasteiger partial charge in [0.25, 0.3) is 0 Å². The van der Waals surface area contributed by atoms with E-state index in [-0.39, 0.29) is 0 Å². The summed E-state index contributed by atoms with van der Waals surface area (Å²) in [5.41, 5.74) is 2.57. The van der Waals surface area contributed by atoms with E-state index in [9.17, 15) is 0 Å². The minimum absolute atomic E-state index is 1.26. The normalized spacial score (nSPS) is 14.5. The van der Waals surface area contributed by atoms with Crippen LogP contribution in [0.25, 0.3) is 0 Å². The molecule has 0 aromatic heterocycles. The Morgan fingerprint density at radius 2 is 2.30 bits per heavy atom. The van der Waals surface area contributed by atoms with Crippen molar-refractivity contribution >= 4 is 27.5 Å². The summed E-state index contributed by atoms with van der Waals surface area (Å²) in [6.45, 7) is 2.11. The van der Waals surface area contributed by atoms with E-state index >= 15 is 0 Å². The minimum atomic E-state index is 1.26. The number of hydrogen-bond donors (Lipinski definition) is 1. The number of rotatable bonds is 0. The first-order chi connectivity index (χ1) is 4.86. The average Bonchev–Trinajstić information content (AvgIpc) is 2.33. The molecule has 0 fully saturated rings. The van der Waals surface area contributed by atoms with Crippen LogP contribution in [0, 0.1) is 6.92 Å². The third-order valence-corrected chi connectivity index (χ3v) is 3.38. The summed E-state index contributed by atoms with van der Waals surface area (Å²) < 4.78 is 3.22. The Morgan fingerprint density at radius 1 is 1.40 bits per heavy atom. The van der Waals surface area contributed by atoms with Crippen molar-refractivity contribution < 1.29 is 0 Å². The van der Waals surface area contributed by atoms with Gasteiger partial charge in [0.2, 0.25) is 0 Å². The number of benzene rings is 1. The van der Waals surface area contributed by atoms with Crippen molar-refractivity contribution in [1.82, 2.24) is 0 Å². The second-order valence-corrected chi connectivity index (χ2v) is 4.25. The van der Waals surface area contributed by atoms with E-state index in [1.54, 1.807) is 21.8 Å². The lowest BCUT2D eigenvalue weighted by molar-refractivity contribution is 1.39. The molecule has 1 aliphatic heterocycles. The summed E-state index contributed by atoms with van der Waals surface area (Å²) in [6, 6.07) is 6.46. The lowest BCUT2D eigenvalue weighted by Crippen LogP contribution is -1.79. The molecule has 1 aromatic rings. The molecule has 0 saturated heterocycles. The average molecular weight is 169 g/mol. The largest absolute Gasteiger partial charge is 0.319 e. The highest BCUT2D eigenvalue weighted by molar-refractivity contribution is 8.77. The topological polar surface area (TPSA) is 12.0 Å². The van der Waals surface area contributed by atoms with E-state index in [2.05, 4.69) is 29.8 Å². The lowest BCUT2D eigenvalue weighted by Gasteiger charge is -1.96. The van der Waals surface area contributed by atoms with Gasteiger partial charge in [0, 0.05) is 15.9 Å². The minimum Gasteiger partial charge on any atom is -0.319 e. The van der Waals surface area contributed by atoms with Crippen molar-refractivity contribution in [3.05, 3.63) is 23.8 Å². The first-order valence-electron chi connectivity index (χ1n) is 3.06. The Bertz CT molecular complexity index is 260. The molecular weight excluding hydrogens is 162 g/mol. The highest BCUT2D eigenvalue weighted by atomic mass is 33.1. The third-order valence-electron chi connectivity index (χ3n) is 1.42. The fraction of sp³-hybridized carbons (Fsp3) is 0.143. The molecule has 1 aliphatic rings. The molecular formula is C7H7NS2. The molecule has 1 heterocycles. The summed E-state index contributed by atoms with van der Waals surface area (Å²) in [7, 11) is 3.46.